The molecule has 1 atom stereocenters. The van der Waals surface area contributed by atoms with Gasteiger partial charge in [0.2, 0.25) is 0 Å². The second kappa shape index (κ2) is 7.59. The average molecular weight is 356 g/mol. The van der Waals surface area contributed by atoms with Crippen LogP contribution in [0, 0.1) is 0 Å². The highest BCUT2D eigenvalue weighted by molar-refractivity contribution is 6.03. The van der Waals surface area contributed by atoms with E-state index in [1.54, 1.807) is 7.05 Å². The van der Waals surface area contributed by atoms with Crippen molar-refractivity contribution >= 4 is 17.6 Å². The Bertz CT molecular complexity index is 798. The zero-order chi connectivity index (χ0) is 18.7. The van der Waals surface area contributed by atoms with E-state index in [-0.39, 0.29) is 11.3 Å². The van der Waals surface area contributed by atoms with Gasteiger partial charge in [0.25, 0.3) is 5.91 Å². The monoisotopic (exact) mass is 356 g/mol. The Morgan fingerprint density at radius 2 is 2.00 bits per heavy atom. The first kappa shape index (κ1) is 18.0. The summed E-state index contributed by atoms with van der Waals surface area (Å²) < 4.78 is 1.33. The molecular formula is C19H24N4O3. The molecule has 138 valence electrons. The number of nitrogens with one attached hydrogen (secondary N) is 1. The van der Waals surface area contributed by atoms with Gasteiger partial charge in [0.15, 0.2) is 5.69 Å². The SMILES string of the molecule is CC1CCCCN1c1ccc(CNC(=O)c2nn(C)cc2C(=O)O)cc1. The molecule has 0 radical (unpaired) electrons. The van der Waals surface area contributed by atoms with Gasteiger partial charge in [-0.3, -0.25) is 9.48 Å². The topological polar surface area (TPSA) is 87.5 Å². The molecule has 26 heavy (non-hydrogen) atoms. The van der Waals surface area contributed by atoms with Crippen LogP contribution in [0.2, 0.25) is 0 Å². The zero-order valence-corrected chi connectivity index (χ0v) is 15.1. The number of anilines is 1. The Morgan fingerprint density at radius 1 is 1.27 bits per heavy atom. The van der Waals surface area contributed by atoms with Gasteiger partial charge in [-0.2, -0.15) is 5.10 Å². The van der Waals surface area contributed by atoms with Gasteiger partial charge in [0.05, 0.1) is 0 Å². The van der Waals surface area contributed by atoms with Crippen molar-refractivity contribution in [1.82, 2.24) is 15.1 Å². The first-order valence-electron chi connectivity index (χ1n) is 8.86. The molecule has 1 aromatic heterocycles. The molecule has 0 aliphatic carbocycles. The van der Waals surface area contributed by atoms with Gasteiger partial charge < -0.3 is 15.3 Å². The van der Waals surface area contributed by atoms with Crippen LogP contribution in [0.25, 0.3) is 0 Å². The molecule has 2 N–H and O–H groups in total. The molecule has 7 nitrogen and oxygen atoms in total. The molecule has 1 fully saturated rings. The smallest absolute Gasteiger partial charge is 0.339 e. The minimum absolute atomic E-state index is 0.0706. The lowest BCUT2D eigenvalue weighted by Crippen LogP contribution is -2.37. The lowest BCUT2D eigenvalue weighted by molar-refractivity contribution is 0.0691. The summed E-state index contributed by atoms with van der Waals surface area (Å²) in [6.07, 6.45) is 5.05. The minimum Gasteiger partial charge on any atom is -0.478 e. The van der Waals surface area contributed by atoms with Crippen molar-refractivity contribution in [3.63, 3.8) is 0 Å². The van der Waals surface area contributed by atoms with Gasteiger partial charge in [-0.05, 0) is 43.9 Å². The summed E-state index contributed by atoms with van der Waals surface area (Å²) in [7, 11) is 1.59. The molecule has 1 amide bonds. The van der Waals surface area contributed by atoms with Crippen LogP contribution in [0.3, 0.4) is 0 Å². The van der Waals surface area contributed by atoms with Gasteiger partial charge in [-0.1, -0.05) is 12.1 Å². The third kappa shape index (κ3) is 3.87. The summed E-state index contributed by atoms with van der Waals surface area (Å²) in [5, 5.41) is 15.8. The van der Waals surface area contributed by atoms with E-state index in [1.165, 1.54) is 35.8 Å². The number of aryl methyl sites for hydroxylation is 1. The fourth-order valence-corrected chi connectivity index (χ4v) is 3.37. The average Bonchev–Trinajstić information content (AvgIpc) is 3.03. The Hall–Kier alpha value is -2.83. The van der Waals surface area contributed by atoms with E-state index in [0.29, 0.717) is 12.6 Å². The maximum Gasteiger partial charge on any atom is 0.339 e. The fraction of sp³-hybridized carbons (Fsp3) is 0.421. The molecule has 0 spiro atoms. The Labute approximate surface area is 152 Å². The van der Waals surface area contributed by atoms with Crippen molar-refractivity contribution < 1.29 is 14.7 Å². The van der Waals surface area contributed by atoms with Crippen molar-refractivity contribution in [1.29, 1.82) is 0 Å². The first-order valence-corrected chi connectivity index (χ1v) is 8.86. The Kier molecular flexibility index (Phi) is 5.25. The molecule has 1 saturated heterocycles. The van der Waals surface area contributed by atoms with Crippen molar-refractivity contribution in [2.75, 3.05) is 11.4 Å². The normalized spacial score (nSPS) is 17.2. The van der Waals surface area contributed by atoms with Crippen LogP contribution in [-0.2, 0) is 13.6 Å². The van der Waals surface area contributed by atoms with Gasteiger partial charge in [0, 0.05) is 38.1 Å². The van der Waals surface area contributed by atoms with Crippen LogP contribution >= 0.6 is 0 Å². The number of hydrogen-bond donors (Lipinski definition) is 2. The van der Waals surface area contributed by atoms with Gasteiger partial charge in [-0.25, -0.2) is 4.79 Å². The van der Waals surface area contributed by atoms with E-state index in [4.69, 9.17) is 5.11 Å². The fourth-order valence-electron chi connectivity index (χ4n) is 3.37. The Balaban J connectivity index is 1.63. The standard InChI is InChI=1S/C19H24N4O3/c1-13-5-3-4-10-23(13)15-8-6-14(7-9-15)11-20-18(24)17-16(19(25)26)12-22(2)21-17/h6-9,12-13H,3-5,10-11H2,1-2H3,(H,20,24)(H,25,26). The molecular weight excluding hydrogens is 332 g/mol. The van der Waals surface area contributed by atoms with Crippen LogP contribution in [0.4, 0.5) is 5.69 Å². The molecule has 1 unspecified atom stereocenters. The number of hydrogen-bond acceptors (Lipinski definition) is 4. The number of aromatic carboxylic acids is 1. The number of benzene rings is 1. The highest BCUT2D eigenvalue weighted by Crippen LogP contribution is 2.24. The maximum atomic E-state index is 12.3. The van der Waals surface area contributed by atoms with Crippen LogP contribution in [0.5, 0.6) is 0 Å². The summed E-state index contributed by atoms with van der Waals surface area (Å²) in [5.74, 6) is -1.65. The maximum absolute atomic E-state index is 12.3. The van der Waals surface area contributed by atoms with Gasteiger partial charge in [0.1, 0.15) is 5.56 Å². The van der Waals surface area contributed by atoms with Crippen LogP contribution in [0.15, 0.2) is 30.5 Å². The van der Waals surface area contributed by atoms with E-state index < -0.39 is 11.9 Å². The molecule has 0 bridgehead atoms. The highest BCUT2D eigenvalue weighted by Gasteiger charge is 2.21. The van der Waals surface area contributed by atoms with E-state index in [2.05, 4.69) is 34.4 Å². The van der Waals surface area contributed by atoms with Crippen LogP contribution < -0.4 is 10.2 Å². The number of nitrogens with zero attached hydrogens (tertiary/aromatic N) is 3. The number of carbonyl (C=O) groups is 2. The minimum atomic E-state index is -1.16. The summed E-state index contributed by atoms with van der Waals surface area (Å²) in [6, 6.07) is 8.69. The molecule has 0 saturated carbocycles. The molecule has 1 aliphatic rings. The number of aromatic nitrogens is 2. The lowest BCUT2D eigenvalue weighted by atomic mass is 10.0. The lowest BCUT2D eigenvalue weighted by Gasteiger charge is -2.35. The van der Waals surface area contributed by atoms with Crippen LogP contribution in [-0.4, -0.2) is 39.4 Å². The Morgan fingerprint density at radius 3 is 2.65 bits per heavy atom. The number of amides is 1. The first-order chi connectivity index (χ1) is 12.5. The number of rotatable bonds is 5. The molecule has 2 heterocycles. The molecule has 3 rings (SSSR count). The second-order valence-electron chi connectivity index (χ2n) is 6.76. The van der Waals surface area contributed by atoms with Crippen molar-refractivity contribution in [2.45, 2.75) is 38.8 Å². The van der Waals surface area contributed by atoms with Crippen molar-refractivity contribution in [2.24, 2.45) is 7.05 Å². The van der Waals surface area contributed by atoms with E-state index >= 15 is 0 Å². The zero-order valence-electron chi connectivity index (χ0n) is 15.1. The number of carbonyl (C=O) groups excluding carboxylic acids is 1. The predicted octanol–water partition coefficient (Wildman–Crippen LogP) is 2.43. The third-order valence-corrected chi connectivity index (χ3v) is 4.80. The predicted molar refractivity (Wildman–Crippen MR) is 98.4 cm³/mol. The van der Waals surface area contributed by atoms with E-state index in [1.807, 2.05) is 12.1 Å². The molecule has 2 aromatic rings. The third-order valence-electron chi connectivity index (χ3n) is 4.80. The van der Waals surface area contributed by atoms with E-state index in [9.17, 15) is 9.59 Å². The van der Waals surface area contributed by atoms with Crippen LogP contribution in [0.1, 0.15) is 52.6 Å². The number of piperidine rings is 1. The van der Waals surface area contributed by atoms with Gasteiger partial charge in [-0.15, -0.1) is 0 Å². The van der Waals surface area contributed by atoms with Gasteiger partial charge >= 0.3 is 5.97 Å². The highest BCUT2D eigenvalue weighted by atomic mass is 16.4. The quantitative estimate of drug-likeness (QED) is 0.859. The number of carboxylic acids is 1. The molecule has 7 heteroatoms. The largest absolute Gasteiger partial charge is 0.478 e. The summed E-state index contributed by atoms with van der Waals surface area (Å²) in [5.41, 5.74) is 1.99. The van der Waals surface area contributed by atoms with Crippen molar-refractivity contribution in [3.8, 4) is 0 Å². The van der Waals surface area contributed by atoms with E-state index in [0.717, 1.165) is 12.1 Å². The number of carboxylic acid groups (broad SMARTS) is 1. The summed E-state index contributed by atoms with van der Waals surface area (Å²) in [6.45, 7) is 3.65. The molecule has 1 aliphatic heterocycles. The van der Waals surface area contributed by atoms with Crippen molar-refractivity contribution in [3.05, 3.63) is 47.3 Å². The summed E-state index contributed by atoms with van der Waals surface area (Å²) >= 11 is 0. The second-order valence-corrected chi connectivity index (χ2v) is 6.76. The molecule has 1 aromatic carbocycles. The summed E-state index contributed by atoms with van der Waals surface area (Å²) in [4.78, 5) is 25.9.